The maximum atomic E-state index is 4.58. The molecule has 1 rings (SSSR count). The number of hydrogen-bond acceptors (Lipinski definition) is 10. The van der Waals surface area contributed by atoms with E-state index in [0.29, 0.717) is 21.0 Å². The molecule has 0 nitrogen and oxygen atoms in total. The molecule has 8 unspecified atom stereocenters. The fraction of sp³-hybridized carbons (Fsp3) is 1.00. The number of rotatable bonds is 16. The van der Waals surface area contributed by atoms with Crippen LogP contribution in [0.25, 0.3) is 0 Å². The van der Waals surface area contributed by atoms with Gasteiger partial charge in [0.1, 0.15) is 0 Å². The van der Waals surface area contributed by atoms with Gasteiger partial charge in [0.2, 0.25) is 0 Å². The van der Waals surface area contributed by atoms with Crippen LogP contribution in [0.5, 0.6) is 0 Å². The lowest BCUT2D eigenvalue weighted by Gasteiger charge is -2.41. The molecule has 0 aromatic rings. The van der Waals surface area contributed by atoms with Gasteiger partial charge in [-0.15, -0.1) is 0 Å². The Morgan fingerprint density at radius 2 is 0.700 bits per heavy atom. The van der Waals surface area contributed by atoms with E-state index in [1.54, 1.807) is 0 Å². The summed E-state index contributed by atoms with van der Waals surface area (Å²) < 4.78 is 0. The lowest BCUT2D eigenvalue weighted by atomic mass is 10.3. The Kier molecular flexibility index (Phi) is 19.7. The third-order valence-electron chi connectivity index (χ3n) is 4.09. The number of thioether (sulfide) groups is 6. The van der Waals surface area contributed by atoms with Gasteiger partial charge in [-0.2, -0.15) is 121 Å². The second kappa shape index (κ2) is 18.7. The summed E-state index contributed by atoms with van der Waals surface area (Å²) in [5, 5.41) is 4.85. The van der Waals surface area contributed by atoms with Gasteiger partial charge in [0.15, 0.2) is 0 Å². The molecule has 0 aromatic carbocycles. The van der Waals surface area contributed by atoms with Crippen molar-refractivity contribution in [2.75, 3.05) is 46.0 Å². The highest BCUT2D eigenvalue weighted by atomic mass is 32.2. The molecule has 0 aliphatic carbocycles. The van der Waals surface area contributed by atoms with E-state index in [1.807, 2.05) is 0 Å². The van der Waals surface area contributed by atoms with Gasteiger partial charge in [-0.25, -0.2) is 0 Å². The van der Waals surface area contributed by atoms with E-state index in [-0.39, 0.29) is 0 Å². The van der Waals surface area contributed by atoms with Gasteiger partial charge in [-0.3, -0.25) is 0 Å². The van der Waals surface area contributed by atoms with Crippen molar-refractivity contribution in [1.29, 1.82) is 0 Å². The van der Waals surface area contributed by atoms with Crippen LogP contribution in [-0.4, -0.2) is 88.0 Å². The summed E-state index contributed by atoms with van der Waals surface area (Å²) in [4.78, 5) is 0. The van der Waals surface area contributed by atoms with Crippen LogP contribution in [0.3, 0.4) is 0 Å². The van der Waals surface area contributed by atoms with Crippen LogP contribution in [0.15, 0.2) is 0 Å². The number of hydrogen-bond donors (Lipinski definition) is 4. The zero-order valence-corrected chi connectivity index (χ0v) is 27.0. The minimum absolute atomic E-state index is 0.477. The van der Waals surface area contributed by atoms with Crippen LogP contribution in [-0.2, 0) is 0 Å². The summed E-state index contributed by atoms with van der Waals surface area (Å²) in [7, 11) is 0. The SMILES string of the molecule is CC(S)CSCC1SC(CSCC(C)S)C(CSCC(C)S)SC1CSCC(C)S. The summed E-state index contributed by atoms with van der Waals surface area (Å²) in [5.41, 5.74) is 0. The first kappa shape index (κ1) is 31.5. The largest absolute Gasteiger partial charge is 0.175 e. The van der Waals surface area contributed by atoms with E-state index >= 15 is 0 Å². The molecule has 1 fully saturated rings. The Balaban J connectivity index is 2.75. The summed E-state index contributed by atoms with van der Waals surface area (Å²) >= 11 is 31.3. The standard InChI is InChI=1S/C20H40S10/c1-13(21)5-25-9-17-18(10-26-6-14(2)22)30-20(12-28-8-16(4)24)19(29-17)11-27-7-15(3)23/h13-24H,5-12H2,1-4H3. The molecule has 8 atom stereocenters. The Labute approximate surface area is 234 Å². The fourth-order valence-electron chi connectivity index (χ4n) is 2.80. The van der Waals surface area contributed by atoms with Crippen molar-refractivity contribution in [3.05, 3.63) is 0 Å². The lowest BCUT2D eigenvalue weighted by Crippen LogP contribution is -2.41. The van der Waals surface area contributed by atoms with Crippen molar-refractivity contribution in [2.24, 2.45) is 0 Å². The second-order valence-corrected chi connectivity index (χ2v) is 18.8. The van der Waals surface area contributed by atoms with Crippen LogP contribution in [0.1, 0.15) is 27.7 Å². The van der Waals surface area contributed by atoms with Crippen molar-refractivity contribution in [1.82, 2.24) is 0 Å². The molecule has 0 saturated carbocycles. The van der Waals surface area contributed by atoms with E-state index < -0.39 is 0 Å². The van der Waals surface area contributed by atoms with Crippen LogP contribution < -0.4 is 0 Å². The summed E-state index contributed by atoms with van der Waals surface area (Å²) in [5.74, 6) is 9.60. The molecular formula is C20H40S10. The first-order chi connectivity index (χ1) is 14.2. The zero-order valence-electron chi connectivity index (χ0n) is 18.5. The molecule has 0 aromatic heterocycles. The normalized spacial score (nSPS) is 28.8. The van der Waals surface area contributed by atoms with Gasteiger partial charge < -0.3 is 0 Å². The van der Waals surface area contributed by atoms with Crippen LogP contribution in [0.2, 0.25) is 0 Å². The van der Waals surface area contributed by atoms with E-state index in [1.165, 1.54) is 23.0 Å². The molecule has 0 spiro atoms. The van der Waals surface area contributed by atoms with E-state index in [2.05, 4.69) is 149 Å². The molecule has 1 aliphatic rings. The molecule has 0 bridgehead atoms. The Morgan fingerprint density at radius 3 is 0.867 bits per heavy atom. The third kappa shape index (κ3) is 15.5. The first-order valence-corrected chi connectivity index (χ1v) is 19.1. The van der Waals surface area contributed by atoms with Crippen molar-refractivity contribution >= 4 is 121 Å². The molecular weight excluding hydrogens is 561 g/mol. The van der Waals surface area contributed by atoms with Gasteiger partial charge >= 0.3 is 0 Å². The Hall–Kier alpha value is 3.50. The maximum Gasteiger partial charge on any atom is 0.0268 e. The van der Waals surface area contributed by atoms with Gasteiger partial charge in [0.25, 0.3) is 0 Å². The van der Waals surface area contributed by atoms with Gasteiger partial charge in [-0.1, -0.05) is 27.7 Å². The average molecular weight is 601 g/mol. The van der Waals surface area contributed by atoms with Crippen molar-refractivity contribution in [3.8, 4) is 0 Å². The Morgan fingerprint density at radius 1 is 0.500 bits per heavy atom. The molecule has 0 radical (unpaired) electrons. The molecule has 30 heavy (non-hydrogen) atoms. The minimum atomic E-state index is 0.477. The predicted molar refractivity (Wildman–Crippen MR) is 173 cm³/mol. The maximum absolute atomic E-state index is 4.58. The molecule has 0 amide bonds. The molecule has 1 heterocycles. The molecule has 1 saturated heterocycles. The summed E-state index contributed by atoms with van der Waals surface area (Å²) in [6, 6.07) is 0. The highest BCUT2D eigenvalue weighted by molar-refractivity contribution is 8.11. The minimum Gasteiger partial charge on any atom is -0.175 e. The quantitative estimate of drug-likeness (QED) is 0.138. The zero-order chi connectivity index (χ0) is 22.5. The molecule has 1 aliphatic heterocycles. The van der Waals surface area contributed by atoms with E-state index in [0.717, 1.165) is 44.0 Å². The topological polar surface area (TPSA) is 0 Å². The highest BCUT2D eigenvalue weighted by Crippen LogP contribution is 2.46. The molecule has 180 valence electrons. The Bertz CT molecular complexity index is 344. The van der Waals surface area contributed by atoms with E-state index in [9.17, 15) is 0 Å². The van der Waals surface area contributed by atoms with Crippen molar-refractivity contribution < 1.29 is 0 Å². The second-order valence-electron chi connectivity index (χ2n) is 7.97. The predicted octanol–water partition coefficient (Wildman–Crippen LogP) is 7.15. The van der Waals surface area contributed by atoms with E-state index in [4.69, 9.17) is 0 Å². The van der Waals surface area contributed by atoms with Gasteiger partial charge in [0.05, 0.1) is 0 Å². The average Bonchev–Trinajstić information content (AvgIpc) is 2.62. The highest BCUT2D eigenvalue weighted by Gasteiger charge is 2.38. The molecule has 10 heteroatoms. The van der Waals surface area contributed by atoms with Gasteiger partial charge in [0, 0.05) is 88.0 Å². The van der Waals surface area contributed by atoms with Crippen LogP contribution >= 0.6 is 121 Å². The molecule has 0 N–H and O–H groups in total. The summed E-state index contributed by atoms with van der Waals surface area (Å²) in [6.07, 6.45) is 0. The lowest BCUT2D eigenvalue weighted by molar-refractivity contribution is 0.855. The fourth-order valence-corrected chi connectivity index (χ4v) is 13.5. The smallest absolute Gasteiger partial charge is 0.0268 e. The van der Waals surface area contributed by atoms with Crippen LogP contribution in [0.4, 0.5) is 0 Å². The van der Waals surface area contributed by atoms with Crippen molar-refractivity contribution in [3.63, 3.8) is 0 Å². The van der Waals surface area contributed by atoms with Crippen LogP contribution in [0, 0.1) is 0 Å². The summed E-state index contributed by atoms with van der Waals surface area (Å²) in [6.45, 7) is 8.81. The third-order valence-corrected chi connectivity index (χ3v) is 15.7. The number of thiol groups is 4. The van der Waals surface area contributed by atoms with Crippen molar-refractivity contribution in [2.45, 2.75) is 69.7 Å². The monoisotopic (exact) mass is 600 g/mol. The van der Waals surface area contributed by atoms with Gasteiger partial charge in [-0.05, 0) is 0 Å². The first-order valence-electron chi connectivity index (χ1n) is 10.5.